The van der Waals surface area contributed by atoms with Crippen LogP contribution >= 0.6 is 0 Å². The maximum atomic E-state index is 12.3. The quantitative estimate of drug-likeness (QED) is 0.903. The lowest BCUT2D eigenvalue weighted by Gasteiger charge is -2.33. The molecule has 1 amide bonds. The highest BCUT2D eigenvalue weighted by Gasteiger charge is 2.27. The molecule has 124 valence electrons. The van der Waals surface area contributed by atoms with E-state index in [-0.39, 0.29) is 17.0 Å². The highest BCUT2D eigenvalue weighted by atomic mass is 16.4. The van der Waals surface area contributed by atoms with Crippen molar-refractivity contribution in [2.45, 2.75) is 38.5 Å². The van der Waals surface area contributed by atoms with E-state index in [0.29, 0.717) is 5.56 Å². The van der Waals surface area contributed by atoms with Crippen molar-refractivity contribution < 1.29 is 14.7 Å². The van der Waals surface area contributed by atoms with Crippen LogP contribution in [0.15, 0.2) is 36.5 Å². The van der Waals surface area contributed by atoms with Crippen LogP contribution in [0.2, 0.25) is 0 Å². The molecule has 5 nitrogen and oxygen atoms in total. The summed E-state index contributed by atoms with van der Waals surface area (Å²) in [4.78, 5) is 26.9. The molecule has 0 bridgehead atoms. The molecule has 3 rings (SSSR count). The topological polar surface area (TPSA) is 79.3 Å². The maximum absolute atomic E-state index is 12.3. The summed E-state index contributed by atoms with van der Waals surface area (Å²) >= 11 is 0. The van der Waals surface area contributed by atoms with Crippen molar-refractivity contribution in [2.75, 3.05) is 5.32 Å². The summed E-state index contributed by atoms with van der Waals surface area (Å²) in [5.74, 6) is -1.41. The van der Waals surface area contributed by atoms with Crippen LogP contribution in [0.25, 0.3) is 0 Å². The number of carboxylic acids is 1. The van der Waals surface area contributed by atoms with Crippen LogP contribution in [0.1, 0.15) is 58.7 Å². The number of fused-ring (bicyclic) bond motifs is 1. The maximum Gasteiger partial charge on any atom is 0.354 e. The van der Waals surface area contributed by atoms with E-state index in [0.717, 1.165) is 18.5 Å². The first-order chi connectivity index (χ1) is 11.4. The van der Waals surface area contributed by atoms with E-state index in [1.54, 1.807) is 0 Å². The molecule has 0 fully saturated rings. The number of amides is 1. The first kappa shape index (κ1) is 16.2. The normalized spacial score (nSPS) is 15.4. The monoisotopic (exact) mass is 324 g/mol. The zero-order valence-corrected chi connectivity index (χ0v) is 13.8. The van der Waals surface area contributed by atoms with E-state index >= 15 is 0 Å². The smallest absolute Gasteiger partial charge is 0.354 e. The summed E-state index contributed by atoms with van der Waals surface area (Å²) in [7, 11) is 0. The molecule has 0 aliphatic heterocycles. The highest BCUT2D eigenvalue weighted by molar-refractivity contribution is 6.04. The minimum atomic E-state index is -1.11. The predicted molar refractivity (Wildman–Crippen MR) is 91.6 cm³/mol. The number of rotatable bonds is 3. The Morgan fingerprint density at radius 2 is 2.00 bits per heavy atom. The number of aryl methyl sites for hydroxylation is 1. The van der Waals surface area contributed by atoms with E-state index in [4.69, 9.17) is 5.11 Å². The lowest BCUT2D eigenvalue weighted by molar-refractivity contribution is 0.0690. The van der Waals surface area contributed by atoms with Gasteiger partial charge in [0.1, 0.15) is 5.69 Å². The van der Waals surface area contributed by atoms with E-state index < -0.39 is 5.97 Å². The minimum absolute atomic E-state index is 0.0814. The SMILES string of the molecule is CC1(C)CCCc2ccc(NC(=O)c3ccc(C(=O)O)nc3)cc21. The van der Waals surface area contributed by atoms with Crippen LogP contribution in [0.3, 0.4) is 0 Å². The largest absolute Gasteiger partial charge is 0.477 e. The number of nitrogens with zero attached hydrogens (tertiary/aromatic N) is 1. The number of aromatic nitrogens is 1. The lowest BCUT2D eigenvalue weighted by Crippen LogP contribution is -2.24. The Kier molecular flexibility index (Phi) is 4.09. The summed E-state index contributed by atoms with van der Waals surface area (Å²) in [6.45, 7) is 4.45. The van der Waals surface area contributed by atoms with Gasteiger partial charge >= 0.3 is 5.97 Å². The third kappa shape index (κ3) is 3.15. The van der Waals surface area contributed by atoms with E-state index in [1.165, 1.54) is 35.9 Å². The van der Waals surface area contributed by atoms with Crippen molar-refractivity contribution in [3.8, 4) is 0 Å². The molecule has 1 aliphatic rings. The van der Waals surface area contributed by atoms with E-state index in [1.807, 2.05) is 12.1 Å². The average molecular weight is 324 g/mol. The fourth-order valence-corrected chi connectivity index (χ4v) is 3.22. The molecule has 0 saturated carbocycles. The van der Waals surface area contributed by atoms with Crippen molar-refractivity contribution >= 4 is 17.6 Å². The van der Waals surface area contributed by atoms with Gasteiger partial charge < -0.3 is 10.4 Å². The van der Waals surface area contributed by atoms with E-state index in [2.05, 4.69) is 30.2 Å². The molecule has 0 atom stereocenters. The fraction of sp³-hybridized carbons (Fsp3) is 0.316. The van der Waals surface area contributed by atoms with Gasteiger partial charge in [-0.3, -0.25) is 4.79 Å². The second kappa shape index (κ2) is 6.07. The van der Waals surface area contributed by atoms with Crippen LogP contribution in [-0.2, 0) is 11.8 Å². The first-order valence-corrected chi connectivity index (χ1v) is 8.01. The summed E-state index contributed by atoms with van der Waals surface area (Å²) in [5.41, 5.74) is 3.73. The molecule has 0 saturated heterocycles. The Morgan fingerprint density at radius 3 is 2.67 bits per heavy atom. The number of anilines is 1. The van der Waals surface area contributed by atoms with Gasteiger partial charge in [0, 0.05) is 11.9 Å². The van der Waals surface area contributed by atoms with Gasteiger partial charge in [-0.05, 0) is 60.1 Å². The van der Waals surface area contributed by atoms with Gasteiger partial charge in [-0.1, -0.05) is 19.9 Å². The molecule has 0 unspecified atom stereocenters. The molecule has 5 heteroatoms. The van der Waals surface area contributed by atoms with Gasteiger partial charge in [-0.15, -0.1) is 0 Å². The van der Waals surface area contributed by atoms with Crippen molar-refractivity contribution in [2.24, 2.45) is 0 Å². The summed E-state index contributed by atoms with van der Waals surface area (Å²) in [6.07, 6.45) is 4.68. The molecular formula is C19H20N2O3. The fourth-order valence-electron chi connectivity index (χ4n) is 3.22. The van der Waals surface area contributed by atoms with Crippen LogP contribution in [0.4, 0.5) is 5.69 Å². The van der Waals surface area contributed by atoms with Crippen LogP contribution in [-0.4, -0.2) is 22.0 Å². The molecule has 1 heterocycles. The second-order valence-electron chi connectivity index (χ2n) is 6.80. The first-order valence-electron chi connectivity index (χ1n) is 8.01. The number of carbonyl (C=O) groups excluding carboxylic acids is 1. The summed E-state index contributed by atoms with van der Waals surface area (Å²) in [6, 6.07) is 8.83. The van der Waals surface area contributed by atoms with Crippen molar-refractivity contribution in [1.82, 2.24) is 4.98 Å². The number of carboxylic acid groups (broad SMARTS) is 1. The third-order valence-corrected chi connectivity index (χ3v) is 4.59. The van der Waals surface area contributed by atoms with Crippen molar-refractivity contribution in [3.63, 3.8) is 0 Å². The molecule has 0 spiro atoms. The van der Waals surface area contributed by atoms with Gasteiger partial charge in [0.25, 0.3) is 5.91 Å². The Labute approximate surface area is 140 Å². The number of aromatic carboxylic acids is 1. The Bertz CT molecular complexity index is 795. The highest BCUT2D eigenvalue weighted by Crippen LogP contribution is 2.38. The summed E-state index contributed by atoms with van der Waals surface area (Å²) < 4.78 is 0. The molecule has 2 N–H and O–H groups in total. The molecule has 24 heavy (non-hydrogen) atoms. The molecular weight excluding hydrogens is 304 g/mol. The Balaban J connectivity index is 1.81. The second-order valence-corrected chi connectivity index (χ2v) is 6.80. The molecule has 1 aromatic carbocycles. The molecule has 1 aliphatic carbocycles. The number of carbonyl (C=O) groups is 2. The van der Waals surface area contributed by atoms with Crippen molar-refractivity contribution in [1.29, 1.82) is 0 Å². The zero-order valence-electron chi connectivity index (χ0n) is 13.8. The summed E-state index contributed by atoms with van der Waals surface area (Å²) in [5, 5.41) is 11.7. The number of hydrogen-bond acceptors (Lipinski definition) is 3. The average Bonchev–Trinajstić information content (AvgIpc) is 2.55. The standard InChI is InChI=1S/C19H20N2O3/c1-19(2)9-3-4-12-5-7-14(10-15(12)19)21-17(22)13-6-8-16(18(23)24)20-11-13/h5-8,10-11H,3-4,9H2,1-2H3,(H,21,22)(H,23,24). The predicted octanol–water partition coefficient (Wildman–Crippen LogP) is 3.65. The Hall–Kier alpha value is -2.69. The number of benzene rings is 1. The number of pyridine rings is 1. The van der Waals surface area contributed by atoms with Gasteiger partial charge in [0.05, 0.1) is 5.56 Å². The third-order valence-electron chi connectivity index (χ3n) is 4.59. The van der Waals surface area contributed by atoms with Gasteiger partial charge in [0.2, 0.25) is 0 Å². The number of nitrogens with one attached hydrogen (secondary N) is 1. The van der Waals surface area contributed by atoms with Crippen LogP contribution in [0, 0.1) is 0 Å². The molecule has 1 aromatic heterocycles. The van der Waals surface area contributed by atoms with Crippen LogP contribution in [0.5, 0.6) is 0 Å². The lowest BCUT2D eigenvalue weighted by atomic mass is 9.73. The molecule has 2 aromatic rings. The van der Waals surface area contributed by atoms with Crippen LogP contribution < -0.4 is 5.32 Å². The Morgan fingerprint density at radius 1 is 1.21 bits per heavy atom. The van der Waals surface area contributed by atoms with Gasteiger partial charge in [0.15, 0.2) is 0 Å². The number of hydrogen-bond donors (Lipinski definition) is 2. The zero-order chi connectivity index (χ0) is 17.3. The van der Waals surface area contributed by atoms with Gasteiger partial charge in [-0.2, -0.15) is 0 Å². The van der Waals surface area contributed by atoms with Gasteiger partial charge in [-0.25, -0.2) is 9.78 Å². The van der Waals surface area contributed by atoms with Crippen molar-refractivity contribution in [3.05, 3.63) is 58.9 Å². The van der Waals surface area contributed by atoms with E-state index in [9.17, 15) is 9.59 Å². The molecule has 0 radical (unpaired) electrons. The minimum Gasteiger partial charge on any atom is -0.477 e.